The summed E-state index contributed by atoms with van der Waals surface area (Å²) in [5, 5.41) is 2.75. The van der Waals surface area contributed by atoms with E-state index >= 15 is 0 Å². The maximum Gasteiger partial charge on any atom is 0.232 e. The Morgan fingerprint density at radius 3 is 2.47 bits per heavy atom. The molecule has 2 unspecified atom stereocenters. The Bertz CT molecular complexity index is 219. The average molecular weight is 234 g/mol. The normalized spacial score (nSPS) is 15.0. The predicted molar refractivity (Wildman–Crippen MR) is 64.0 cm³/mol. The van der Waals surface area contributed by atoms with Crippen LogP contribution in [-0.4, -0.2) is 34.2 Å². The molecule has 0 aromatic carbocycles. The van der Waals surface area contributed by atoms with Gasteiger partial charge in [-0.15, -0.1) is 0 Å². The molecule has 4 nitrogen and oxygen atoms in total. The molecular formula is C10H22N2O2S. The van der Waals surface area contributed by atoms with Crippen LogP contribution >= 0.6 is 0 Å². The van der Waals surface area contributed by atoms with E-state index in [0.29, 0.717) is 25.4 Å². The van der Waals surface area contributed by atoms with Crippen LogP contribution in [0.15, 0.2) is 0 Å². The zero-order valence-electron chi connectivity index (χ0n) is 9.79. The lowest BCUT2D eigenvalue weighted by molar-refractivity contribution is -0.118. The van der Waals surface area contributed by atoms with Crippen LogP contribution in [0, 0.1) is 5.92 Å². The molecule has 0 aliphatic rings. The second-order valence-corrected chi connectivity index (χ2v) is 5.97. The van der Waals surface area contributed by atoms with Crippen LogP contribution in [0.5, 0.6) is 0 Å². The Hall–Kier alpha value is -0.420. The first-order valence-electron chi connectivity index (χ1n) is 5.31. The summed E-state index contributed by atoms with van der Waals surface area (Å²) in [6.45, 7) is 7.06. The zero-order valence-corrected chi connectivity index (χ0v) is 10.6. The van der Waals surface area contributed by atoms with Gasteiger partial charge in [0.2, 0.25) is 5.91 Å². The minimum atomic E-state index is -1.10. The molecule has 0 heterocycles. The number of nitrogens with two attached hydrogens (primary N) is 1. The van der Waals surface area contributed by atoms with E-state index in [1.54, 1.807) is 0 Å². The highest BCUT2D eigenvalue weighted by atomic mass is 32.2. The molecule has 0 radical (unpaired) electrons. The third kappa shape index (κ3) is 7.50. The molecule has 0 saturated heterocycles. The van der Waals surface area contributed by atoms with Gasteiger partial charge in [0.25, 0.3) is 0 Å². The van der Waals surface area contributed by atoms with Gasteiger partial charge in [-0.3, -0.25) is 9.00 Å². The molecule has 90 valence electrons. The lowest BCUT2D eigenvalue weighted by Crippen LogP contribution is -2.33. The predicted octanol–water partition coefficient (Wildman–Crippen LogP) is 0.245. The number of carbonyl (C=O) groups is 1. The van der Waals surface area contributed by atoms with Gasteiger partial charge < -0.3 is 11.1 Å². The van der Waals surface area contributed by atoms with E-state index in [-0.39, 0.29) is 16.9 Å². The summed E-state index contributed by atoms with van der Waals surface area (Å²) in [4.78, 5) is 11.3. The zero-order chi connectivity index (χ0) is 11.8. The highest BCUT2D eigenvalue weighted by Gasteiger charge is 2.14. The van der Waals surface area contributed by atoms with E-state index in [9.17, 15) is 9.00 Å². The maximum atomic E-state index is 11.6. The largest absolute Gasteiger partial charge is 0.355 e. The second-order valence-electron chi connectivity index (χ2n) is 4.11. The third-order valence-corrected chi connectivity index (χ3v) is 3.68. The highest BCUT2D eigenvalue weighted by molar-refractivity contribution is 7.86. The molecule has 0 rings (SSSR count). The number of amides is 1. The summed E-state index contributed by atoms with van der Waals surface area (Å²) in [5.41, 5.74) is 5.36. The van der Waals surface area contributed by atoms with Crippen molar-refractivity contribution in [3.8, 4) is 0 Å². The fourth-order valence-electron chi connectivity index (χ4n) is 1.01. The topological polar surface area (TPSA) is 72.2 Å². The number of hydrogen-bond acceptors (Lipinski definition) is 3. The van der Waals surface area contributed by atoms with Gasteiger partial charge >= 0.3 is 0 Å². The van der Waals surface area contributed by atoms with E-state index in [1.807, 2.05) is 20.8 Å². The molecule has 0 aromatic rings. The van der Waals surface area contributed by atoms with Gasteiger partial charge in [0.1, 0.15) is 5.75 Å². The van der Waals surface area contributed by atoms with Crippen molar-refractivity contribution < 1.29 is 9.00 Å². The molecule has 0 aromatic heterocycles. The summed E-state index contributed by atoms with van der Waals surface area (Å²) in [7, 11) is -1.10. The van der Waals surface area contributed by atoms with E-state index < -0.39 is 10.8 Å². The average Bonchev–Trinajstić information content (AvgIpc) is 2.15. The highest BCUT2D eigenvalue weighted by Crippen LogP contribution is 2.00. The number of carbonyl (C=O) groups excluding carboxylic acids is 1. The fourth-order valence-corrected chi connectivity index (χ4v) is 2.05. The molecule has 5 heteroatoms. The number of hydrogen-bond donors (Lipinski definition) is 2. The lowest BCUT2D eigenvalue weighted by atomic mass is 10.2. The van der Waals surface area contributed by atoms with E-state index in [0.717, 1.165) is 0 Å². The van der Waals surface area contributed by atoms with Crippen molar-refractivity contribution >= 4 is 16.7 Å². The smallest absolute Gasteiger partial charge is 0.232 e. The van der Waals surface area contributed by atoms with E-state index in [2.05, 4.69) is 5.32 Å². The van der Waals surface area contributed by atoms with Gasteiger partial charge in [-0.05, 0) is 18.9 Å². The van der Waals surface area contributed by atoms with Crippen LogP contribution in [0.1, 0.15) is 27.2 Å². The fraction of sp³-hybridized carbons (Fsp3) is 0.900. The van der Waals surface area contributed by atoms with Gasteiger partial charge in [-0.25, -0.2) is 0 Å². The SMILES string of the molecule is CC(C)CNC(=O)CS(=O)C(C)CCN. The minimum absolute atomic E-state index is 0.000185. The molecule has 3 N–H and O–H groups in total. The Morgan fingerprint density at radius 2 is 2.00 bits per heavy atom. The molecule has 15 heavy (non-hydrogen) atoms. The summed E-state index contributed by atoms with van der Waals surface area (Å²) < 4.78 is 11.6. The Labute approximate surface area is 94.4 Å². The molecule has 0 aliphatic heterocycles. The van der Waals surface area contributed by atoms with Gasteiger partial charge in [-0.2, -0.15) is 0 Å². The van der Waals surface area contributed by atoms with E-state index in [1.165, 1.54) is 0 Å². The Balaban J connectivity index is 3.80. The van der Waals surface area contributed by atoms with Crippen LogP contribution in [-0.2, 0) is 15.6 Å². The lowest BCUT2D eigenvalue weighted by Gasteiger charge is -2.11. The molecule has 0 spiro atoms. The first kappa shape index (κ1) is 14.6. The van der Waals surface area contributed by atoms with Gasteiger partial charge in [0.05, 0.1) is 0 Å². The quantitative estimate of drug-likeness (QED) is 0.663. The van der Waals surface area contributed by atoms with Gasteiger partial charge in [0.15, 0.2) is 0 Å². The summed E-state index contributed by atoms with van der Waals surface area (Å²) in [6.07, 6.45) is 0.698. The summed E-state index contributed by atoms with van der Waals surface area (Å²) in [6, 6.07) is 0. The molecule has 0 fully saturated rings. The number of nitrogens with one attached hydrogen (secondary N) is 1. The van der Waals surface area contributed by atoms with Crippen molar-refractivity contribution in [2.75, 3.05) is 18.8 Å². The first-order chi connectivity index (χ1) is 6.97. The van der Waals surface area contributed by atoms with Crippen molar-refractivity contribution in [1.82, 2.24) is 5.32 Å². The maximum absolute atomic E-state index is 11.6. The standard InChI is InChI=1S/C10H22N2O2S/c1-8(2)6-12-10(13)7-15(14)9(3)4-5-11/h8-9H,4-7,11H2,1-3H3,(H,12,13). The first-order valence-corrected chi connectivity index (χ1v) is 6.69. The Kier molecular flexibility index (Phi) is 7.60. The molecule has 0 aliphatic carbocycles. The summed E-state index contributed by atoms with van der Waals surface area (Å²) >= 11 is 0. The molecular weight excluding hydrogens is 212 g/mol. The van der Waals surface area contributed by atoms with Crippen LogP contribution in [0.25, 0.3) is 0 Å². The summed E-state index contributed by atoms with van der Waals surface area (Å²) in [5.74, 6) is 0.378. The van der Waals surface area contributed by atoms with Crippen molar-refractivity contribution in [3.63, 3.8) is 0 Å². The third-order valence-electron chi connectivity index (χ3n) is 2.00. The van der Waals surface area contributed by atoms with Crippen LogP contribution < -0.4 is 11.1 Å². The molecule has 2 atom stereocenters. The van der Waals surface area contributed by atoms with E-state index in [4.69, 9.17) is 5.73 Å². The Morgan fingerprint density at radius 1 is 1.40 bits per heavy atom. The van der Waals surface area contributed by atoms with Crippen molar-refractivity contribution in [3.05, 3.63) is 0 Å². The van der Waals surface area contributed by atoms with Gasteiger partial charge in [-0.1, -0.05) is 20.8 Å². The monoisotopic (exact) mass is 234 g/mol. The minimum Gasteiger partial charge on any atom is -0.355 e. The molecule has 0 saturated carbocycles. The van der Waals surface area contributed by atoms with Crippen LogP contribution in [0.2, 0.25) is 0 Å². The number of rotatable bonds is 7. The van der Waals surface area contributed by atoms with Crippen molar-refractivity contribution in [1.29, 1.82) is 0 Å². The van der Waals surface area contributed by atoms with Crippen LogP contribution in [0.3, 0.4) is 0 Å². The van der Waals surface area contributed by atoms with Crippen molar-refractivity contribution in [2.24, 2.45) is 11.7 Å². The van der Waals surface area contributed by atoms with Crippen molar-refractivity contribution in [2.45, 2.75) is 32.4 Å². The van der Waals surface area contributed by atoms with Crippen LogP contribution in [0.4, 0.5) is 0 Å². The second kappa shape index (κ2) is 7.82. The molecule has 1 amide bonds. The van der Waals surface area contributed by atoms with Gasteiger partial charge in [0, 0.05) is 22.6 Å². The molecule has 0 bridgehead atoms.